The molecule has 1 aromatic heterocycles. The van der Waals surface area contributed by atoms with E-state index in [0.717, 1.165) is 5.75 Å². The van der Waals surface area contributed by atoms with Crippen LogP contribution in [0.15, 0.2) is 34.9 Å². The van der Waals surface area contributed by atoms with Gasteiger partial charge in [-0.1, -0.05) is 23.4 Å². The average molecular weight is 239 g/mol. The average Bonchev–Trinajstić information content (AvgIpc) is 2.76. The molecule has 0 bridgehead atoms. The Morgan fingerprint density at radius 2 is 2.12 bits per heavy atom. The van der Waals surface area contributed by atoms with Crippen molar-refractivity contribution in [3.63, 3.8) is 0 Å². The summed E-state index contributed by atoms with van der Waals surface area (Å²) in [5, 5.41) is 3.48. The summed E-state index contributed by atoms with van der Waals surface area (Å²) >= 11 is 5.80. The molecule has 0 aliphatic heterocycles. The van der Waals surface area contributed by atoms with E-state index < -0.39 is 0 Å². The van der Waals surface area contributed by atoms with E-state index in [1.165, 1.54) is 0 Å². The maximum absolute atomic E-state index is 5.80. The minimum Gasteiger partial charge on any atom is -0.485 e. The molecule has 0 spiro atoms. The number of benzene rings is 1. The summed E-state index contributed by atoms with van der Waals surface area (Å²) in [6.45, 7) is 2.05. The Kier molecular flexibility index (Phi) is 3.41. The first-order valence-corrected chi connectivity index (χ1v) is 5.34. The molecule has 16 heavy (non-hydrogen) atoms. The SMILES string of the molecule is CC(Cl)c1nc(COc2ccccc2)no1. The van der Waals surface area contributed by atoms with Crippen molar-refractivity contribution in [2.75, 3.05) is 0 Å². The molecule has 1 atom stereocenters. The minimum absolute atomic E-state index is 0.275. The number of hydrogen-bond acceptors (Lipinski definition) is 4. The molecule has 2 rings (SSSR count). The second-order valence-electron chi connectivity index (χ2n) is 3.27. The quantitative estimate of drug-likeness (QED) is 0.769. The molecule has 0 radical (unpaired) electrons. The number of nitrogens with zero attached hydrogens (tertiary/aromatic N) is 2. The molecule has 84 valence electrons. The number of halogens is 1. The van der Waals surface area contributed by atoms with Gasteiger partial charge >= 0.3 is 0 Å². The Hall–Kier alpha value is -1.55. The molecule has 0 aliphatic carbocycles. The second kappa shape index (κ2) is 4.99. The lowest BCUT2D eigenvalue weighted by molar-refractivity contribution is 0.285. The highest BCUT2D eigenvalue weighted by molar-refractivity contribution is 6.20. The summed E-state index contributed by atoms with van der Waals surface area (Å²) in [7, 11) is 0. The van der Waals surface area contributed by atoms with Crippen LogP contribution in [0.1, 0.15) is 24.0 Å². The minimum atomic E-state index is -0.280. The molecule has 0 saturated heterocycles. The number of aromatic nitrogens is 2. The standard InChI is InChI=1S/C11H11ClN2O2/c1-8(12)11-13-10(14-16-11)7-15-9-5-3-2-4-6-9/h2-6,8H,7H2,1H3. The van der Waals surface area contributed by atoms with Crippen LogP contribution in [0.4, 0.5) is 0 Å². The van der Waals surface area contributed by atoms with Crippen LogP contribution in [0.2, 0.25) is 0 Å². The highest BCUT2D eigenvalue weighted by atomic mass is 35.5. The Morgan fingerprint density at radius 3 is 2.75 bits per heavy atom. The zero-order chi connectivity index (χ0) is 11.4. The van der Waals surface area contributed by atoms with Crippen LogP contribution >= 0.6 is 11.6 Å². The highest BCUT2D eigenvalue weighted by Crippen LogP contribution is 2.17. The number of rotatable bonds is 4. The van der Waals surface area contributed by atoms with E-state index in [1.807, 2.05) is 30.3 Å². The molecular formula is C11H11ClN2O2. The number of para-hydroxylation sites is 1. The smallest absolute Gasteiger partial charge is 0.244 e. The topological polar surface area (TPSA) is 48.2 Å². The van der Waals surface area contributed by atoms with Gasteiger partial charge in [-0.2, -0.15) is 4.98 Å². The number of hydrogen-bond donors (Lipinski definition) is 0. The maximum atomic E-state index is 5.80. The Morgan fingerprint density at radius 1 is 1.38 bits per heavy atom. The first-order valence-electron chi connectivity index (χ1n) is 4.90. The highest BCUT2D eigenvalue weighted by Gasteiger charge is 2.11. The van der Waals surface area contributed by atoms with Crippen LogP contribution in [0.25, 0.3) is 0 Å². The van der Waals surface area contributed by atoms with E-state index >= 15 is 0 Å². The van der Waals surface area contributed by atoms with E-state index in [2.05, 4.69) is 10.1 Å². The molecule has 2 aromatic rings. The predicted octanol–water partition coefficient (Wildman–Crippen LogP) is 2.95. The summed E-state index contributed by atoms with van der Waals surface area (Å²) in [6.07, 6.45) is 0. The van der Waals surface area contributed by atoms with Crippen LogP contribution in [-0.4, -0.2) is 10.1 Å². The summed E-state index contributed by atoms with van der Waals surface area (Å²) in [5.74, 6) is 1.67. The lowest BCUT2D eigenvalue weighted by Gasteiger charge is -2.01. The van der Waals surface area contributed by atoms with Gasteiger partial charge < -0.3 is 9.26 Å². The van der Waals surface area contributed by atoms with Crippen LogP contribution in [0, 0.1) is 0 Å². The van der Waals surface area contributed by atoms with Gasteiger partial charge in [-0.05, 0) is 19.1 Å². The van der Waals surface area contributed by atoms with Crippen LogP contribution in [-0.2, 0) is 6.61 Å². The molecule has 4 nitrogen and oxygen atoms in total. The van der Waals surface area contributed by atoms with Crippen molar-refractivity contribution in [3.8, 4) is 5.75 Å². The van der Waals surface area contributed by atoms with Crippen LogP contribution in [0.3, 0.4) is 0 Å². The normalized spacial score (nSPS) is 12.4. The van der Waals surface area contributed by atoms with Gasteiger partial charge in [0.05, 0.1) is 0 Å². The third kappa shape index (κ3) is 2.73. The van der Waals surface area contributed by atoms with Gasteiger partial charge in [-0.3, -0.25) is 0 Å². The van der Waals surface area contributed by atoms with Gasteiger partial charge in [0.1, 0.15) is 11.1 Å². The molecule has 1 unspecified atom stereocenters. The molecule has 1 heterocycles. The fraction of sp³-hybridized carbons (Fsp3) is 0.273. The predicted molar refractivity (Wildman–Crippen MR) is 59.3 cm³/mol. The lowest BCUT2D eigenvalue weighted by atomic mass is 10.3. The van der Waals surface area contributed by atoms with E-state index in [9.17, 15) is 0 Å². The summed E-state index contributed by atoms with van der Waals surface area (Å²) in [6, 6.07) is 9.46. The molecule has 0 saturated carbocycles. The fourth-order valence-electron chi connectivity index (χ4n) is 1.15. The monoisotopic (exact) mass is 238 g/mol. The Bertz CT molecular complexity index is 442. The van der Waals surface area contributed by atoms with Crippen molar-refractivity contribution < 1.29 is 9.26 Å². The van der Waals surface area contributed by atoms with E-state index in [-0.39, 0.29) is 12.0 Å². The fourth-order valence-corrected chi connectivity index (χ4v) is 1.24. The molecule has 0 amide bonds. The Balaban J connectivity index is 1.95. The third-order valence-corrected chi connectivity index (χ3v) is 2.12. The van der Waals surface area contributed by atoms with Gasteiger partial charge in [-0.15, -0.1) is 11.6 Å². The second-order valence-corrected chi connectivity index (χ2v) is 3.92. The van der Waals surface area contributed by atoms with Gasteiger partial charge in [0, 0.05) is 0 Å². The third-order valence-electron chi connectivity index (χ3n) is 1.94. The van der Waals surface area contributed by atoms with Crippen molar-refractivity contribution in [1.29, 1.82) is 0 Å². The Labute approximate surface area is 98.2 Å². The van der Waals surface area contributed by atoms with Gasteiger partial charge in [0.15, 0.2) is 6.61 Å². The summed E-state index contributed by atoms with van der Waals surface area (Å²) in [4.78, 5) is 4.09. The van der Waals surface area contributed by atoms with Crippen LogP contribution in [0.5, 0.6) is 5.75 Å². The first-order chi connectivity index (χ1) is 7.75. The molecule has 1 aromatic carbocycles. The zero-order valence-electron chi connectivity index (χ0n) is 8.76. The van der Waals surface area contributed by atoms with Gasteiger partial charge in [0.2, 0.25) is 11.7 Å². The maximum Gasteiger partial charge on any atom is 0.244 e. The number of ether oxygens (including phenoxy) is 1. The van der Waals surface area contributed by atoms with Crippen LogP contribution < -0.4 is 4.74 Å². The molecule has 0 fully saturated rings. The molecule has 5 heteroatoms. The van der Waals surface area contributed by atoms with E-state index in [1.54, 1.807) is 6.92 Å². The number of alkyl halides is 1. The van der Waals surface area contributed by atoms with E-state index in [0.29, 0.717) is 11.7 Å². The van der Waals surface area contributed by atoms with Crippen molar-refractivity contribution >= 4 is 11.6 Å². The van der Waals surface area contributed by atoms with Crippen molar-refractivity contribution in [2.24, 2.45) is 0 Å². The van der Waals surface area contributed by atoms with Gasteiger partial charge in [-0.25, -0.2) is 0 Å². The van der Waals surface area contributed by atoms with E-state index in [4.69, 9.17) is 20.9 Å². The summed E-state index contributed by atoms with van der Waals surface area (Å²) in [5.41, 5.74) is 0. The zero-order valence-corrected chi connectivity index (χ0v) is 9.52. The van der Waals surface area contributed by atoms with Gasteiger partial charge in [0.25, 0.3) is 0 Å². The summed E-state index contributed by atoms with van der Waals surface area (Å²) < 4.78 is 10.4. The van der Waals surface area contributed by atoms with Crippen molar-refractivity contribution in [2.45, 2.75) is 18.9 Å². The van der Waals surface area contributed by atoms with Crippen molar-refractivity contribution in [3.05, 3.63) is 42.0 Å². The van der Waals surface area contributed by atoms with Crippen molar-refractivity contribution in [1.82, 2.24) is 10.1 Å². The molecule has 0 N–H and O–H groups in total. The lowest BCUT2D eigenvalue weighted by Crippen LogP contribution is -1.97. The molecular weight excluding hydrogens is 228 g/mol. The largest absolute Gasteiger partial charge is 0.485 e. The molecule has 0 aliphatic rings. The first kappa shape index (κ1) is 11.0.